The Bertz CT molecular complexity index is 1100. The topological polar surface area (TPSA) is 114 Å². The SMILES string of the molecule is CC(=O)CCc1ccc(OCC(O)CN2C(=O)NC(C)(c3ccc4c(c3)OCCCO4)C2=O)cc1. The van der Waals surface area contributed by atoms with Crippen LogP contribution in [0.5, 0.6) is 17.2 Å². The quantitative estimate of drug-likeness (QED) is 0.528. The van der Waals surface area contributed by atoms with Gasteiger partial charge < -0.3 is 29.4 Å². The largest absolute Gasteiger partial charge is 0.491 e. The number of nitrogens with one attached hydrogen (secondary N) is 1. The molecule has 2 unspecified atom stereocenters. The fourth-order valence-electron chi connectivity index (χ4n) is 4.06. The van der Waals surface area contributed by atoms with Crippen LogP contribution >= 0.6 is 0 Å². The van der Waals surface area contributed by atoms with Gasteiger partial charge in [-0.2, -0.15) is 0 Å². The third-order valence-electron chi connectivity index (χ3n) is 6.12. The van der Waals surface area contributed by atoms with E-state index in [4.69, 9.17) is 14.2 Å². The van der Waals surface area contributed by atoms with Crippen molar-refractivity contribution >= 4 is 17.7 Å². The van der Waals surface area contributed by atoms with Crippen molar-refractivity contribution < 1.29 is 33.7 Å². The summed E-state index contributed by atoms with van der Waals surface area (Å²) in [5.41, 5.74) is 0.289. The van der Waals surface area contributed by atoms with Crippen LogP contribution in [0.15, 0.2) is 42.5 Å². The minimum atomic E-state index is -1.29. The van der Waals surface area contributed by atoms with Crippen LogP contribution in [-0.4, -0.2) is 60.2 Å². The van der Waals surface area contributed by atoms with Gasteiger partial charge in [0.1, 0.15) is 29.8 Å². The lowest BCUT2D eigenvalue weighted by Gasteiger charge is -2.24. The van der Waals surface area contributed by atoms with Gasteiger partial charge in [-0.05, 0) is 55.7 Å². The van der Waals surface area contributed by atoms with E-state index in [2.05, 4.69) is 5.32 Å². The second-order valence-corrected chi connectivity index (χ2v) is 8.99. The summed E-state index contributed by atoms with van der Waals surface area (Å²) < 4.78 is 17.0. The van der Waals surface area contributed by atoms with E-state index >= 15 is 0 Å². The van der Waals surface area contributed by atoms with Gasteiger partial charge in [-0.15, -0.1) is 0 Å². The highest BCUT2D eigenvalue weighted by Gasteiger charge is 2.49. The molecule has 2 N–H and O–H groups in total. The van der Waals surface area contributed by atoms with Crippen molar-refractivity contribution in [3.05, 3.63) is 53.6 Å². The van der Waals surface area contributed by atoms with E-state index in [9.17, 15) is 19.5 Å². The molecule has 0 aromatic heterocycles. The molecule has 2 aromatic carbocycles. The minimum absolute atomic E-state index is 0.0927. The van der Waals surface area contributed by atoms with Crippen molar-refractivity contribution in [1.82, 2.24) is 10.2 Å². The molecular weight excluding hydrogens is 452 g/mol. The molecule has 2 heterocycles. The second-order valence-electron chi connectivity index (χ2n) is 8.99. The number of nitrogens with zero attached hydrogens (tertiary/aromatic N) is 1. The summed E-state index contributed by atoms with van der Waals surface area (Å²) in [5.74, 6) is 1.34. The van der Waals surface area contributed by atoms with Gasteiger partial charge in [0.25, 0.3) is 5.91 Å². The Hall–Kier alpha value is -3.59. The number of carbonyl (C=O) groups is 3. The summed E-state index contributed by atoms with van der Waals surface area (Å²) in [6.45, 7) is 3.95. The van der Waals surface area contributed by atoms with Crippen molar-refractivity contribution in [3.8, 4) is 17.2 Å². The Morgan fingerprint density at radius 2 is 1.86 bits per heavy atom. The highest BCUT2D eigenvalue weighted by atomic mass is 16.5. The number of urea groups is 1. The van der Waals surface area contributed by atoms with Crippen LogP contribution in [0, 0.1) is 0 Å². The number of amides is 3. The van der Waals surface area contributed by atoms with Crippen LogP contribution in [0.4, 0.5) is 4.79 Å². The van der Waals surface area contributed by atoms with Crippen LogP contribution in [-0.2, 0) is 21.5 Å². The number of carbonyl (C=O) groups excluding carboxylic acids is 3. The number of aliphatic hydroxyl groups is 1. The van der Waals surface area contributed by atoms with Crippen LogP contribution in [0.25, 0.3) is 0 Å². The summed E-state index contributed by atoms with van der Waals surface area (Å²) in [6.07, 6.45) is 0.824. The molecule has 2 aromatic rings. The molecule has 2 aliphatic heterocycles. The van der Waals surface area contributed by atoms with E-state index in [0.29, 0.717) is 48.9 Å². The van der Waals surface area contributed by atoms with Gasteiger partial charge in [0.05, 0.1) is 19.8 Å². The number of Topliss-reactive ketones (excluding diaryl/α,β-unsaturated/α-hetero) is 1. The van der Waals surface area contributed by atoms with E-state index in [1.165, 1.54) is 0 Å². The maximum Gasteiger partial charge on any atom is 0.325 e. The van der Waals surface area contributed by atoms with Crippen molar-refractivity contribution in [3.63, 3.8) is 0 Å². The van der Waals surface area contributed by atoms with Gasteiger partial charge >= 0.3 is 6.03 Å². The van der Waals surface area contributed by atoms with Crippen molar-refractivity contribution in [2.75, 3.05) is 26.4 Å². The van der Waals surface area contributed by atoms with Gasteiger partial charge in [0.2, 0.25) is 0 Å². The van der Waals surface area contributed by atoms with Crippen molar-refractivity contribution in [2.24, 2.45) is 0 Å². The smallest absolute Gasteiger partial charge is 0.325 e. The Balaban J connectivity index is 1.36. The Morgan fingerprint density at radius 3 is 2.57 bits per heavy atom. The number of imide groups is 1. The third-order valence-corrected chi connectivity index (χ3v) is 6.12. The zero-order chi connectivity index (χ0) is 25.0. The lowest BCUT2D eigenvalue weighted by atomic mass is 9.91. The van der Waals surface area contributed by atoms with Crippen LogP contribution in [0.2, 0.25) is 0 Å². The van der Waals surface area contributed by atoms with Gasteiger partial charge in [-0.1, -0.05) is 18.2 Å². The molecule has 35 heavy (non-hydrogen) atoms. The molecule has 186 valence electrons. The normalized spacial score (nSPS) is 20.3. The molecule has 9 nitrogen and oxygen atoms in total. The number of aliphatic hydroxyl groups excluding tert-OH is 1. The first kappa shape index (κ1) is 24.5. The number of aryl methyl sites for hydroxylation is 1. The van der Waals surface area contributed by atoms with Gasteiger partial charge in [-0.3, -0.25) is 9.69 Å². The number of benzene rings is 2. The lowest BCUT2D eigenvalue weighted by Crippen LogP contribution is -2.42. The molecule has 0 aliphatic carbocycles. The van der Waals surface area contributed by atoms with Crippen molar-refractivity contribution in [1.29, 1.82) is 0 Å². The number of ketones is 1. The summed E-state index contributed by atoms with van der Waals surface area (Å²) in [5, 5.41) is 13.2. The molecule has 0 saturated carbocycles. The monoisotopic (exact) mass is 482 g/mol. The molecule has 4 rings (SSSR count). The molecule has 2 aliphatic rings. The highest BCUT2D eigenvalue weighted by molar-refractivity contribution is 6.07. The molecule has 9 heteroatoms. The second kappa shape index (κ2) is 10.4. The van der Waals surface area contributed by atoms with Crippen LogP contribution in [0.1, 0.15) is 37.8 Å². The van der Waals surface area contributed by atoms with Gasteiger partial charge in [0.15, 0.2) is 11.5 Å². The van der Waals surface area contributed by atoms with Crippen LogP contribution < -0.4 is 19.5 Å². The first-order valence-corrected chi connectivity index (χ1v) is 11.7. The zero-order valence-electron chi connectivity index (χ0n) is 19.9. The summed E-state index contributed by atoms with van der Waals surface area (Å²) >= 11 is 0. The fraction of sp³-hybridized carbons (Fsp3) is 0.423. The number of rotatable bonds is 9. The standard InChI is InChI=1S/C26H30N2O7/c1-17(29)4-5-18-6-9-21(10-7-18)35-16-20(30)15-28-24(31)26(2,27-25(28)32)19-8-11-22-23(14-19)34-13-3-12-33-22/h6-11,14,20,30H,3-5,12-13,15-16H2,1-2H3,(H,27,32). The number of β-amino-alcohol motifs (C(OH)–C–C–N with tert-alkyl or cyclic N) is 1. The Labute approximate surface area is 204 Å². The summed E-state index contributed by atoms with van der Waals surface area (Å²) in [6, 6.07) is 11.8. The maximum absolute atomic E-state index is 13.2. The highest BCUT2D eigenvalue weighted by Crippen LogP contribution is 2.36. The molecular formula is C26H30N2O7. The number of ether oxygens (including phenoxy) is 3. The molecule has 3 amide bonds. The molecule has 1 saturated heterocycles. The molecule has 1 fully saturated rings. The average molecular weight is 483 g/mol. The summed E-state index contributed by atoms with van der Waals surface area (Å²) in [7, 11) is 0. The van der Waals surface area contributed by atoms with Gasteiger partial charge in [-0.25, -0.2) is 4.79 Å². The lowest BCUT2D eigenvalue weighted by molar-refractivity contribution is -0.132. The predicted octanol–water partition coefficient (Wildman–Crippen LogP) is 2.58. The molecule has 0 bridgehead atoms. The molecule has 0 radical (unpaired) electrons. The van der Waals surface area contributed by atoms with E-state index in [0.717, 1.165) is 16.9 Å². The number of hydrogen-bond donors (Lipinski definition) is 2. The fourth-order valence-corrected chi connectivity index (χ4v) is 4.06. The third kappa shape index (κ3) is 5.57. The van der Waals surface area contributed by atoms with E-state index in [1.54, 1.807) is 44.2 Å². The zero-order valence-corrected chi connectivity index (χ0v) is 19.9. The Kier molecular flexibility index (Phi) is 7.25. The van der Waals surface area contributed by atoms with E-state index in [1.807, 2.05) is 12.1 Å². The number of fused-ring (bicyclic) bond motifs is 1. The van der Waals surface area contributed by atoms with E-state index in [-0.39, 0.29) is 18.9 Å². The number of hydrogen-bond acceptors (Lipinski definition) is 7. The molecule has 2 atom stereocenters. The first-order valence-electron chi connectivity index (χ1n) is 11.7. The first-order chi connectivity index (χ1) is 16.8. The minimum Gasteiger partial charge on any atom is -0.491 e. The Morgan fingerprint density at radius 1 is 1.14 bits per heavy atom. The molecule has 0 spiro atoms. The maximum atomic E-state index is 13.2. The van der Waals surface area contributed by atoms with Crippen molar-refractivity contribution in [2.45, 2.75) is 44.8 Å². The summed E-state index contributed by atoms with van der Waals surface area (Å²) in [4.78, 5) is 38.0. The van der Waals surface area contributed by atoms with Gasteiger partial charge in [0, 0.05) is 12.8 Å². The predicted molar refractivity (Wildman–Crippen MR) is 127 cm³/mol. The van der Waals surface area contributed by atoms with Crippen LogP contribution in [0.3, 0.4) is 0 Å². The average Bonchev–Trinajstić information content (AvgIpc) is 3.00. The van der Waals surface area contributed by atoms with E-state index < -0.39 is 23.6 Å².